The molecule has 0 radical (unpaired) electrons. The van der Waals surface area contributed by atoms with Gasteiger partial charge >= 0.3 is 0 Å². The number of hydrogen-bond acceptors (Lipinski definition) is 6. The van der Waals surface area contributed by atoms with Crippen molar-refractivity contribution in [1.82, 2.24) is 4.90 Å². The lowest BCUT2D eigenvalue weighted by Gasteiger charge is -2.28. The monoisotopic (exact) mass is 565 g/mol. The van der Waals surface area contributed by atoms with Crippen molar-refractivity contribution in [2.45, 2.75) is 57.9 Å². The van der Waals surface area contributed by atoms with Crippen LogP contribution in [0.5, 0.6) is 0 Å². The van der Waals surface area contributed by atoms with Crippen LogP contribution >= 0.6 is 0 Å². The summed E-state index contributed by atoms with van der Waals surface area (Å²) in [5, 5.41) is 3.45. The van der Waals surface area contributed by atoms with Gasteiger partial charge in [0.2, 0.25) is 0 Å². The molecule has 2 aliphatic heterocycles. The topological polar surface area (TPSA) is 75.0 Å². The highest BCUT2D eigenvalue weighted by atomic mass is 19.1. The molecule has 1 aromatic heterocycles. The molecular formula is C32H37F2N3O4. The third-order valence-electron chi connectivity index (χ3n) is 9.12. The normalized spacial score (nSPS) is 19.9. The smallest absolute Gasteiger partial charge is 0.253 e. The van der Waals surface area contributed by atoms with Gasteiger partial charge in [0, 0.05) is 55.1 Å². The molecule has 6 rings (SSSR count). The summed E-state index contributed by atoms with van der Waals surface area (Å²) in [6.45, 7) is 5.45. The van der Waals surface area contributed by atoms with Crippen molar-refractivity contribution in [3.05, 3.63) is 69.4 Å². The first-order chi connectivity index (χ1) is 19.8. The summed E-state index contributed by atoms with van der Waals surface area (Å²) in [6.07, 6.45) is 8.15. The molecular weight excluding hydrogens is 528 g/mol. The number of morpholine rings is 1. The van der Waals surface area contributed by atoms with E-state index in [0.717, 1.165) is 25.3 Å². The van der Waals surface area contributed by atoms with E-state index in [9.17, 15) is 18.4 Å². The Bertz CT molecular complexity index is 1470. The number of nitrogens with zero attached hydrogens (tertiary/aromatic N) is 2. The second-order valence-corrected chi connectivity index (χ2v) is 11.9. The maximum atomic E-state index is 14.0. The summed E-state index contributed by atoms with van der Waals surface area (Å²) < 4.78 is 39.7. The molecule has 1 aliphatic carbocycles. The maximum absolute atomic E-state index is 14.0. The van der Waals surface area contributed by atoms with E-state index < -0.39 is 17.7 Å². The van der Waals surface area contributed by atoms with Gasteiger partial charge in [-0.05, 0) is 68.7 Å². The van der Waals surface area contributed by atoms with Gasteiger partial charge in [-0.3, -0.25) is 9.59 Å². The minimum absolute atomic E-state index is 0.108. The van der Waals surface area contributed by atoms with Gasteiger partial charge in [-0.25, -0.2) is 8.78 Å². The number of nitrogens with one attached hydrogen (secondary N) is 1. The summed E-state index contributed by atoms with van der Waals surface area (Å²) in [5.41, 5.74) is 1.71. The molecule has 1 spiro atoms. The number of carbonyl (C=O) groups is 1. The number of halogens is 2. The SMILES string of the molecule is CC(Nc1cc(F)cc(F)c1)c1cc(C(=O)N2CCCC3(CCCC3)CC2)cc2c(=O)cc(N3CCOCC3)oc12. The lowest BCUT2D eigenvalue weighted by Crippen LogP contribution is -2.36. The van der Waals surface area contributed by atoms with E-state index in [1.54, 1.807) is 12.1 Å². The molecule has 0 bridgehead atoms. The summed E-state index contributed by atoms with van der Waals surface area (Å²) in [5.74, 6) is -1.07. The average molecular weight is 566 g/mol. The number of benzene rings is 2. The van der Waals surface area contributed by atoms with Gasteiger partial charge in [0.05, 0.1) is 24.6 Å². The Morgan fingerprint density at radius 2 is 1.61 bits per heavy atom. The third kappa shape index (κ3) is 5.82. The minimum atomic E-state index is -0.698. The summed E-state index contributed by atoms with van der Waals surface area (Å²) in [4.78, 5) is 31.3. The van der Waals surface area contributed by atoms with Crippen molar-refractivity contribution in [2.24, 2.45) is 5.41 Å². The number of fused-ring (bicyclic) bond motifs is 1. The highest BCUT2D eigenvalue weighted by Gasteiger charge is 2.36. The molecule has 218 valence electrons. The van der Waals surface area contributed by atoms with Gasteiger partial charge in [0.1, 0.15) is 17.2 Å². The van der Waals surface area contributed by atoms with Crippen LogP contribution in [0.2, 0.25) is 0 Å². The molecule has 1 atom stereocenters. The van der Waals surface area contributed by atoms with Crippen LogP contribution in [-0.4, -0.2) is 50.2 Å². The Morgan fingerprint density at radius 3 is 2.34 bits per heavy atom. The van der Waals surface area contributed by atoms with E-state index in [4.69, 9.17) is 9.15 Å². The molecule has 3 heterocycles. The second-order valence-electron chi connectivity index (χ2n) is 11.9. The maximum Gasteiger partial charge on any atom is 0.253 e. The number of hydrogen-bond donors (Lipinski definition) is 1. The quantitative estimate of drug-likeness (QED) is 0.393. The first kappa shape index (κ1) is 27.7. The van der Waals surface area contributed by atoms with Crippen LogP contribution in [0, 0.1) is 17.0 Å². The molecule has 41 heavy (non-hydrogen) atoms. The van der Waals surface area contributed by atoms with Crippen molar-refractivity contribution in [3.8, 4) is 0 Å². The Labute approximate surface area is 238 Å². The van der Waals surface area contributed by atoms with E-state index >= 15 is 0 Å². The van der Waals surface area contributed by atoms with Crippen LogP contribution in [0.1, 0.15) is 73.8 Å². The molecule has 3 aromatic rings. The molecule has 2 aromatic carbocycles. The predicted octanol–water partition coefficient (Wildman–Crippen LogP) is 6.27. The van der Waals surface area contributed by atoms with E-state index in [2.05, 4.69) is 5.32 Å². The molecule has 1 unspecified atom stereocenters. The van der Waals surface area contributed by atoms with Gasteiger partial charge in [0.15, 0.2) is 11.3 Å². The highest BCUT2D eigenvalue weighted by molar-refractivity contribution is 5.99. The number of anilines is 2. The van der Waals surface area contributed by atoms with Gasteiger partial charge in [-0.2, -0.15) is 0 Å². The van der Waals surface area contributed by atoms with Crippen LogP contribution in [0.25, 0.3) is 11.0 Å². The average Bonchev–Trinajstić information content (AvgIpc) is 3.32. The summed E-state index contributed by atoms with van der Waals surface area (Å²) in [6, 6.07) is 7.59. The van der Waals surface area contributed by atoms with Crippen molar-refractivity contribution < 1.29 is 22.7 Å². The summed E-state index contributed by atoms with van der Waals surface area (Å²) >= 11 is 0. The number of carbonyl (C=O) groups excluding carboxylic acids is 1. The van der Waals surface area contributed by atoms with E-state index in [1.807, 2.05) is 16.7 Å². The molecule has 3 aliphatic rings. The Kier molecular flexibility index (Phi) is 7.72. The van der Waals surface area contributed by atoms with Crippen molar-refractivity contribution >= 4 is 28.4 Å². The highest BCUT2D eigenvalue weighted by Crippen LogP contribution is 2.46. The molecule has 1 saturated carbocycles. The van der Waals surface area contributed by atoms with E-state index in [0.29, 0.717) is 72.8 Å². The van der Waals surface area contributed by atoms with Crippen LogP contribution in [0.15, 0.2) is 45.6 Å². The fourth-order valence-corrected chi connectivity index (χ4v) is 6.89. The fraction of sp³-hybridized carbons (Fsp3) is 0.500. The molecule has 9 heteroatoms. The number of likely N-dealkylation sites (tertiary alicyclic amines) is 1. The molecule has 2 saturated heterocycles. The third-order valence-corrected chi connectivity index (χ3v) is 9.12. The van der Waals surface area contributed by atoms with E-state index in [-0.39, 0.29) is 17.0 Å². The minimum Gasteiger partial charge on any atom is -0.440 e. The van der Waals surface area contributed by atoms with Crippen molar-refractivity contribution in [2.75, 3.05) is 49.6 Å². The Hall–Kier alpha value is -3.46. The summed E-state index contributed by atoms with van der Waals surface area (Å²) in [7, 11) is 0. The number of ether oxygens (including phenoxy) is 1. The van der Waals surface area contributed by atoms with Gasteiger partial charge in [-0.1, -0.05) is 12.8 Å². The zero-order valence-electron chi connectivity index (χ0n) is 23.5. The second kappa shape index (κ2) is 11.4. The Morgan fingerprint density at radius 1 is 0.902 bits per heavy atom. The van der Waals surface area contributed by atoms with Crippen LogP contribution in [0.4, 0.5) is 20.4 Å². The lowest BCUT2D eigenvalue weighted by atomic mass is 9.79. The zero-order chi connectivity index (χ0) is 28.6. The van der Waals surface area contributed by atoms with Crippen LogP contribution < -0.4 is 15.6 Å². The van der Waals surface area contributed by atoms with Gasteiger partial charge in [-0.15, -0.1) is 0 Å². The Balaban J connectivity index is 1.38. The van der Waals surface area contributed by atoms with Crippen molar-refractivity contribution in [1.29, 1.82) is 0 Å². The van der Waals surface area contributed by atoms with Gasteiger partial charge < -0.3 is 24.3 Å². The molecule has 1 amide bonds. The lowest BCUT2D eigenvalue weighted by molar-refractivity contribution is 0.0755. The number of rotatable bonds is 5. The van der Waals surface area contributed by atoms with E-state index in [1.165, 1.54) is 43.9 Å². The standard InChI is InChI=1S/C32H37F2N3O4/c1-21(35-25-18-23(33)17-24(34)19-25)26-15-22(31(39)37-9-4-7-32(8-10-37)5-2-3-6-32)16-27-28(38)20-29(41-30(26)27)36-11-13-40-14-12-36/h15-21,35H,2-14H2,1H3. The zero-order valence-corrected chi connectivity index (χ0v) is 23.5. The van der Waals surface area contributed by atoms with Gasteiger partial charge in [0.25, 0.3) is 5.91 Å². The van der Waals surface area contributed by atoms with Crippen LogP contribution in [-0.2, 0) is 4.74 Å². The fourth-order valence-electron chi connectivity index (χ4n) is 6.89. The first-order valence-electron chi connectivity index (χ1n) is 14.8. The first-order valence-corrected chi connectivity index (χ1v) is 14.8. The molecule has 7 nitrogen and oxygen atoms in total. The predicted molar refractivity (Wildman–Crippen MR) is 155 cm³/mol. The number of amides is 1. The largest absolute Gasteiger partial charge is 0.440 e. The molecule has 3 fully saturated rings. The molecule has 1 N–H and O–H groups in total. The van der Waals surface area contributed by atoms with Crippen molar-refractivity contribution in [3.63, 3.8) is 0 Å². The van der Waals surface area contributed by atoms with Crippen LogP contribution in [0.3, 0.4) is 0 Å².